The SMILES string of the molecule is Cc1ccc2c(c1)C(C)(C)/C(=C\C=C1/CCCC(/C=C/C3=[N+](CCCCS(=O)(=O)[O-])c4ccc(SOO[O-])cc4C3(C)C)=C1Oc1ccc(N=C=S)cc1)N2CCCCS(=O)(=O)[O-].[Na+].[Na+]. The average Bonchev–Trinajstić information content (AvgIpc) is 3.56. The number of nitrogens with zero attached hydrogens (tertiary/aromatic N) is 3. The van der Waals surface area contributed by atoms with Gasteiger partial charge in [-0.3, -0.25) is 5.04 Å². The van der Waals surface area contributed by atoms with Gasteiger partial charge in [0.15, 0.2) is 5.71 Å². The number of unbranched alkanes of at least 4 members (excludes halogenated alkanes) is 2. The van der Waals surface area contributed by atoms with Crippen LogP contribution in [0.1, 0.15) is 89.3 Å². The van der Waals surface area contributed by atoms with Crippen molar-refractivity contribution in [1.82, 2.24) is 0 Å². The van der Waals surface area contributed by atoms with E-state index in [0.29, 0.717) is 54.4 Å². The molecule has 0 fully saturated rings. The molecule has 0 unspecified atom stereocenters. The van der Waals surface area contributed by atoms with Crippen molar-refractivity contribution >= 4 is 72.4 Å². The number of aryl methyl sites for hydroxylation is 1. The third-order valence-electron chi connectivity index (χ3n) is 11.7. The number of ether oxygens (including phenoxy) is 1. The zero-order valence-electron chi connectivity index (χ0n) is 37.9. The van der Waals surface area contributed by atoms with Crippen LogP contribution in [-0.2, 0) is 40.4 Å². The molecule has 0 atom stereocenters. The maximum absolute atomic E-state index is 11.4. The molecule has 1 aliphatic carbocycles. The predicted octanol–water partition coefficient (Wildman–Crippen LogP) is 2.68. The van der Waals surface area contributed by atoms with E-state index in [-0.39, 0.29) is 72.0 Å². The molecule has 19 heteroatoms. The first-order chi connectivity index (χ1) is 29.8. The molecule has 0 saturated carbocycles. The second-order valence-electron chi connectivity index (χ2n) is 16.9. The molecule has 2 heterocycles. The Kier molecular flexibility index (Phi) is 20.3. The number of anilines is 1. The van der Waals surface area contributed by atoms with Crippen molar-refractivity contribution < 1.29 is 109 Å². The van der Waals surface area contributed by atoms with Gasteiger partial charge in [0, 0.05) is 63.9 Å². The Hall–Kier alpha value is -2.26. The van der Waals surface area contributed by atoms with Gasteiger partial charge in [-0.05, 0) is 143 Å². The third kappa shape index (κ3) is 14.2. The van der Waals surface area contributed by atoms with E-state index in [4.69, 9.17) is 17.0 Å². The van der Waals surface area contributed by atoms with E-state index in [2.05, 4.69) is 106 Å². The van der Waals surface area contributed by atoms with Crippen LogP contribution in [0.5, 0.6) is 5.75 Å². The molecule has 0 radical (unpaired) electrons. The van der Waals surface area contributed by atoms with E-state index in [1.165, 1.54) is 0 Å². The molecule has 0 N–H and O–H groups in total. The zero-order valence-corrected chi connectivity index (χ0v) is 45.2. The van der Waals surface area contributed by atoms with E-state index in [1.807, 2.05) is 30.3 Å². The van der Waals surface area contributed by atoms with Gasteiger partial charge < -0.3 is 24.0 Å². The van der Waals surface area contributed by atoms with Gasteiger partial charge in [-0.15, -0.1) is 0 Å². The predicted molar refractivity (Wildman–Crippen MR) is 244 cm³/mol. The summed E-state index contributed by atoms with van der Waals surface area (Å²) < 4.78 is 82.2. The summed E-state index contributed by atoms with van der Waals surface area (Å²) >= 11 is 5.61. The van der Waals surface area contributed by atoms with Crippen LogP contribution in [0.3, 0.4) is 0 Å². The first-order valence-corrected chi connectivity index (χ1v) is 25.0. The molecule has 0 saturated heterocycles. The van der Waals surface area contributed by atoms with E-state index < -0.39 is 42.6 Å². The number of hydrogen-bond donors (Lipinski definition) is 0. The maximum Gasteiger partial charge on any atom is 1.00 e. The normalized spacial score (nSPS) is 17.8. The van der Waals surface area contributed by atoms with E-state index >= 15 is 0 Å². The quantitative estimate of drug-likeness (QED) is 0.0197. The van der Waals surface area contributed by atoms with Crippen LogP contribution in [0.25, 0.3) is 0 Å². The fourth-order valence-electron chi connectivity index (χ4n) is 8.60. The minimum atomic E-state index is -4.36. The molecule has 0 bridgehead atoms. The topological polar surface area (TPSA) is 184 Å². The van der Waals surface area contributed by atoms with Gasteiger partial charge in [-0.1, -0.05) is 37.6 Å². The fourth-order valence-corrected chi connectivity index (χ4v) is 10.2. The van der Waals surface area contributed by atoms with Crippen LogP contribution in [0.4, 0.5) is 17.1 Å². The molecule has 0 amide bonds. The number of hydrogen-bond acceptors (Lipinski definition) is 14. The Morgan fingerprint density at radius 3 is 2.22 bits per heavy atom. The Morgan fingerprint density at radius 1 is 0.862 bits per heavy atom. The summed E-state index contributed by atoms with van der Waals surface area (Å²) in [6.45, 7) is 11.6. The van der Waals surface area contributed by atoms with Gasteiger partial charge >= 0.3 is 59.1 Å². The first kappa shape index (κ1) is 55.3. The average molecular weight is 980 g/mol. The van der Waals surface area contributed by atoms with Crippen molar-refractivity contribution in [3.05, 3.63) is 124 Å². The van der Waals surface area contributed by atoms with Gasteiger partial charge in [-0.2, -0.15) is 13.9 Å². The Bertz CT molecular complexity index is 2660. The number of rotatable bonds is 19. The monoisotopic (exact) mass is 979 g/mol. The maximum atomic E-state index is 11.4. The molecular weight excluding hydrogens is 929 g/mol. The molecule has 13 nitrogen and oxygen atoms in total. The molecule has 6 rings (SSSR count). The Morgan fingerprint density at radius 2 is 1.55 bits per heavy atom. The molecule has 0 spiro atoms. The molecule has 3 aliphatic rings. The third-order valence-corrected chi connectivity index (χ3v) is 14.0. The van der Waals surface area contributed by atoms with Crippen molar-refractivity contribution in [1.29, 1.82) is 0 Å². The smallest absolute Gasteiger partial charge is 0.748 e. The minimum Gasteiger partial charge on any atom is -0.748 e. The van der Waals surface area contributed by atoms with Crippen molar-refractivity contribution in [3.8, 4) is 5.75 Å². The van der Waals surface area contributed by atoms with Gasteiger partial charge in [0.05, 0.1) is 48.5 Å². The van der Waals surface area contributed by atoms with Crippen molar-refractivity contribution in [3.63, 3.8) is 0 Å². The molecule has 3 aromatic carbocycles. The summed E-state index contributed by atoms with van der Waals surface area (Å²) in [5.74, 6) is 0.443. The molecule has 2 aliphatic heterocycles. The molecule has 3 aromatic rings. The number of thiocarbonyl (C=S) groups is 1. The van der Waals surface area contributed by atoms with Gasteiger partial charge in [-0.25, -0.2) is 16.8 Å². The fraction of sp³-hybridized carbons (Fsp3) is 0.391. The van der Waals surface area contributed by atoms with Crippen LogP contribution in [0, 0.1) is 6.92 Å². The summed E-state index contributed by atoms with van der Waals surface area (Å²) in [6, 6.07) is 19.3. The van der Waals surface area contributed by atoms with Gasteiger partial charge in [0.2, 0.25) is 5.69 Å². The number of fused-ring (bicyclic) bond motifs is 2. The summed E-state index contributed by atoms with van der Waals surface area (Å²) in [7, 11) is -8.69. The van der Waals surface area contributed by atoms with Crippen molar-refractivity contribution in [2.45, 2.75) is 95.3 Å². The van der Waals surface area contributed by atoms with E-state index in [1.54, 1.807) is 12.1 Å². The number of isothiocyanates is 1. The van der Waals surface area contributed by atoms with Crippen LogP contribution < -0.4 is 74.0 Å². The van der Waals surface area contributed by atoms with E-state index in [9.17, 15) is 31.2 Å². The first-order valence-electron chi connectivity index (χ1n) is 20.7. The molecule has 336 valence electrons. The van der Waals surface area contributed by atoms with Crippen LogP contribution in [0.2, 0.25) is 0 Å². The van der Waals surface area contributed by atoms with Crippen LogP contribution in [-0.4, -0.2) is 66.0 Å². The van der Waals surface area contributed by atoms with Crippen LogP contribution in [0.15, 0.2) is 117 Å². The standard InChI is InChI=1S/C46H53N3O10S4.2Na/c1-32-13-21-40-38(29-32)45(2,3)42(48(40)25-6-8-27-62(51,52)53)23-14-33-11-10-12-34(44(33)57-36-18-16-35(17-19-36)47-31-60)15-24-43-46(4,5)39-30-37(61-59-58-50)20-22-41(39)49(43)26-7-9-28-63(54,55)56;;/h13-24,29-30H,6-12,25-28H2,1-5H3,(H2-,50,51,52,53,54,55,56);;/q;2*+1/p-2. The van der Waals surface area contributed by atoms with Crippen molar-refractivity contribution in [2.75, 3.05) is 29.5 Å². The molecule has 65 heavy (non-hydrogen) atoms. The number of aliphatic imine (C=N–C) groups is 1. The summed E-state index contributed by atoms with van der Waals surface area (Å²) in [5.41, 5.74) is 8.83. The molecular formula is C46H51N3Na2O10S4. The second kappa shape index (κ2) is 23.8. The second-order valence-corrected chi connectivity index (χ2v) is 20.9. The van der Waals surface area contributed by atoms with Crippen molar-refractivity contribution in [2.24, 2.45) is 4.99 Å². The zero-order chi connectivity index (χ0) is 45.6. The Balaban J connectivity index is 0.00000462. The Labute approximate surface area is 437 Å². The number of allylic oxidation sites excluding steroid dienone is 7. The summed E-state index contributed by atoms with van der Waals surface area (Å²) in [5, 5.41) is 16.6. The minimum absolute atomic E-state index is 0. The largest absolute Gasteiger partial charge is 1.00 e. The van der Waals surface area contributed by atoms with Crippen LogP contribution >= 0.6 is 24.3 Å². The summed E-state index contributed by atoms with van der Waals surface area (Å²) in [6.07, 6.45) is 12.1. The van der Waals surface area contributed by atoms with Gasteiger partial charge in [0.1, 0.15) is 18.1 Å². The number of benzene rings is 3. The molecule has 0 aromatic heterocycles. The van der Waals surface area contributed by atoms with Gasteiger partial charge in [0.25, 0.3) is 0 Å². The summed E-state index contributed by atoms with van der Waals surface area (Å²) in [4.78, 5) is 6.98. The van der Waals surface area contributed by atoms with E-state index in [0.717, 1.165) is 75.5 Å².